The van der Waals surface area contributed by atoms with E-state index in [1.54, 1.807) is 18.2 Å². The molecule has 110 valence electrons. The van der Waals surface area contributed by atoms with Gasteiger partial charge in [0.1, 0.15) is 5.82 Å². The van der Waals surface area contributed by atoms with Crippen LogP contribution in [0.5, 0.6) is 0 Å². The summed E-state index contributed by atoms with van der Waals surface area (Å²) in [7, 11) is 0. The summed E-state index contributed by atoms with van der Waals surface area (Å²) in [5.41, 5.74) is 0.181. The number of piperidine rings is 1. The number of rotatable bonds is 2. The van der Waals surface area contributed by atoms with Gasteiger partial charge in [0.2, 0.25) is 0 Å². The van der Waals surface area contributed by atoms with Gasteiger partial charge in [0.15, 0.2) is 0 Å². The van der Waals surface area contributed by atoms with E-state index in [4.69, 9.17) is 11.6 Å². The van der Waals surface area contributed by atoms with E-state index in [9.17, 15) is 9.50 Å². The number of nitrogens with zero attached hydrogens (tertiary/aromatic N) is 1. The van der Waals surface area contributed by atoms with Gasteiger partial charge >= 0.3 is 0 Å². The lowest BCUT2D eigenvalue weighted by Gasteiger charge is -2.47. The summed E-state index contributed by atoms with van der Waals surface area (Å²) in [6, 6.07) is 5.17. The maximum atomic E-state index is 14.0. The molecule has 0 radical (unpaired) electrons. The molecule has 1 saturated heterocycles. The third kappa shape index (κ3) is 2.72. The fourth-order valence-electron chi connectivity index (χ4n) is 3.69. The molecule has 4 heteroatoms. The van der Waals surface area contributed by atoms with Crippen LogP contribution < -0.4 is 0 Å². The summed E-state index contributed by atoms with van der Waals surface area (Å²) < 4.78 is 14.0. The summed E-state index contributed by atoms with van der Waals surface area (Å²) in [6.07, 6.45) is 5.16. The van der Waals surface area contributed by atoms with Crippen LogP contribution in [-0.4, -0.2) is 28.7 Å². The zero-order valence-corrected chi connectivity index (χ0v) is 12.4. The number of hydrogen-bond donors (Lipinski definition) is 1. The van der Waals surface area contributed by atoms with E-state index in [1.165, 1.54) is 6.42 Å². The highest BCUT2D eigenvalue weighted by atomic mass is 35.5. The first kappa shape index (κ1) is 14.3. The molecule has 1 aromatic carbocycles. The van der Waals surface area contributed by atoms with Gasteiger partial charge in [-0.1, -0.05) is 36.6 Å². The smallest absolute Gasteiger partial charge is 0.146 e. The molecular formula is C16H21ClFNO. The van der Waals surface area contributed by atoms with Crippen LogP contribution in [0.3, 0.4) is 0 Å². The Labute approximate surface area is 124 Å². The van der Waals surface area contributed by atoms with E-state index >= 15 is 0 Å². The Balaban J connectivity index is 1.69. The molecular weight excluding hydrogens is 277 g/mol. The molecule has 1 heterocycles. The minimum absolute atomic E-state index is 0.189. The van der Waals surface area contributed by atoms with Crippen molar-refractivity contribution >= 4 is 11.6 Å². The van der Waals surface area contributed by atoms with Crippen LogP contribution in [0.15, 0.2) is 18.2 Å². The van der Waals surface area contributed by atoms with Crippen molar-refractivity contribution in [3.63, 3.8) is 0 Å². The van der Waals surface area contributed by atoms with Crippen molar-refractivity contribution in [2.75, 3.05) is 13.1 Å². The van der Waals surface area contributed by atoms with Crippen molar-refractivity contribution in [1.82, 2.24) is 4.90 Å². The largest absolute Gasteiger partial charge is 0.390 e. The standard InChI is InChI=1S/C16H21ClFNO/c17-14-6-3-4-12(15(14)18)10-19-9-8-16(20)7-2-1-5-13(16)11-19/h3-4,6,13,20H,1-2,5,7-11H2. The Bertz CT molecular complexity index is 495. The maximum absolute atomic E-state index is 14.0. The van der Waals surface area contributed by atoms with Crippen LogP contribution >= 0.6 is 11.6 Å². The lowest BCUT2D eigenvalue weighted by atomic mass is 9.71. The second-order valence-corrected chi connectivity index (χ2v) is 6.65. The second-order valence-electron chi connectivity index (χ2n) is 6.24. The molecule has 2 unspecified atom stereocenters. The first-order chi connectivity index (χ1) is 9.58. The third-order valence-corrected chi connectivity index (χ3v) is 5.23. The molecule has 0 amide bonds. The van der Waals surface area contributed by atoms with E-state index < -0.39 is 5.60 Å². The van der Waals surface area contributed by atoms with Gasteiger partial charge in [-0.05, 0) is 25.3 Å². The van der Waals surface area contributed by atoms with Crippen LogP contribution in [0.4, 0.5) is 4.39 Å². The van der Waals surface area contributed by atoms with Crippen molar-refractivity contribution in [3.05, 3.63) is 34.6 Å². The molecule has 2 aliphatic rings. The molecule has 1 saturated carbocycles. The van der Waals surface area contributed by atoms with Crippen LogP contribution in [0.25, 0.3) is 0 Å². The first-order valence-electron chi connectivity index (χ1n) is 7.46. The molecule has 0 bridgehead atoms. The van der Waals surface area contributed by atoms with Gasteiger partial charge < -0.3 is 5.11 Å². The number of aliphatic hydroxyl groups is 1. The maximum Gasteiger partial charge on any atom is 0.146 e. The van der Waals surface area contributed by atoms with Gasteiger partial charge in [-0.15, -0.1) is 0 Å². The van der Waals surface area contributed by atoms with Gasteiger partial charge in [-0.3, -0.25) is 4.90 Å². The number of likely N-dealkylation sites (tertiary alicyclic amines) is 1. The van der Waals surface area contributed by atoms with Crippen molar-refractivity contribution in [2.45, 2.75) is 44.2 Å². The fourth-order valence-corrected chi connectivity index (χ4v) is 3.89. The molecule has 2 fully saturated rings. The summed E-state index contributed by atoms with van der Waals surface area (Å²) in [5, 5.41) is 10.8. The van der Waals surface area contributed by atoms with Gasteiger partial charge in [0.25, 0.3) is 0 Å². The fraction of sp³-hybridized carbons (Fsp3) is 0.625. The Morgan fingerprint density at radius 1 is 1.35 bits per heavy atom. The van der Waals surface area contributed by atoms with Gasteiger partial charge in [-0.25, -0.2) is 4.39 Å². The number of hydrogen-bond acceptors (Lipinski definition) is 2. The minimum Gasteiger partial charge on any atom is -0.390 e. The normalized spacial score (nSPS) is 31.1. The Morgan fingerprint density at radius 3 is 3.05 bits per heavy atom. The SMILES string of the molecule is OC12CCCCC1CN(Cc1cccc(Cl)c1F)CC2. The van der Waals surface area contributed by atoms with E-state index in [1.807, 2.05) is 0 Å². The molecule has 1 aromatic rings. The quantitative estimate of drug-likeness (QED) is 0.901. The molecule has 2 nitrogen and oxygen atoms in total. The summed E-state index contributed by atoms with van der Waals surface area (Å²) in [6.45, 7) is 2.28. The van der Waals surface area contributed by atoms with E-state index in [0.717, 1.165) is 38.8 Å². The average Bonchev–Trinajstić information content (AvgIpc) is 2.44. The predicted octanol–water partition coefficient (Wildman–Crippen LogP) is 3.61. The molecule has 1 aliphatic heterocycles. The summed E-state index contributed by atoms with van der Waals surface area (Å²) in [4.78, 5) is 2.25. The van der Waals surface area contributed by atoms with E-state index in [2.05, 4.69) is 4.90 Å². The van der Waals surface area contributed by atoms with Crippen LogP contribution in [-0.2, 0) is 6.54 Å². The summed E-state index contributed by atoms with van der Waals surface area (Å²) in [5.74, 6) is 0.0332. The van der Waals surface area contributed by atoms with Crippen molar-refractivity contribution < 1.29 is 9.50 Å². The van der Waals surface area contributed by atoms with E-state index in [-0.39, 0.29) is 10.8 Å². The molecule has 2 atom stereocenters. The highest BCUT2D eigenvalue weighted by molar-refractivity contribution is 6.30. The zero-order valence-electron chi connectivity index (χ0n) is 11.6. The molecule has 20 heavy (non-hydrogen) atoms. The lowest BCUT2D eigenvalue weighted by molar-refractivity contribution is -0.0968. The van der Waals surface area contributed by atoms with Crippen molar-refractivity contribution in [2.24, 2.45) is 5.92 Å². The molecule has 0 aromatic heterocycles. The highest BCUT2D eigenvalue weighted by Crippen LogP contribution is 2.40. The first-order valence-corrected chi connectivity index (χ1v) is 7.84. The third-order valence-electron chi connectivity index (χ3n) is 4.94. The molecule has 0 spiro atoms. The van der Waals surface area contributed by atoms with Gasteiger partial charge in [0, 0.05) is 31.1 Å². The van der Waals surface area contributed by atoms with Crippen LogP contribution in [0.2, 0.25) is 5.02 Å². The topological polar surface area (TPSA) is 23.5 Å². The average molecular weight is 298 g/mol. The molecule has 1 N–H and O–H groups in total. The Kier molecular flexibility index (Phi) is 4.02. The Hall–Kier alpha value is -0.640. The second kappa shape index (κ2) is 5.63. The zero-order chi connectivity index (χ0) is 14.2. The van der Waals surface area contributed by atoms with Crippen LogP contribution in [0.1, 0.15) is 37.7 Å². The van der Waals surface area contributed by atoms with Crippen molar-refractivity contribution in [1.29, 1.82) is 0 Å². The molecule has 3 rings (SSSR count). The van der Waals surface area contributed by atoms with Crippen molar-refractivity contribution in [3.8, 4) is 0 Å². The number of benzene rings is 1. The lowest BCUT2D eigenvalue weighted by Crippen LogP contribution is -2.53. The highest BCUT2D eigenvalue weighted by Gasteiger charge is 2.42. The summed E-state index contributed by atoms with van der Waals surface area (Å²) >= 11 is 5.83. The number of fused-ring (bicyclic) bond motifs is 1. The van der Waals surface area contributed by atoms with Gasteiger partial charge in [-0.2, -0.15) is 0 Å². The minimum atomic E-state index is -0.471. The number of halogens is 2. The predicted molar refractivity (Wildman–Crippen MR) is 78.2 cm³/mol. The van der Waals surface area contributed by atoms with Gasteiger partial charge in [0.05, 0.1) is 10.6 Å². The Morgan fingerprint density at radius 2 is 2.20 bits per heavy atom. The van der Waals surface area contributed by atoms with E-state index in [0.29, 0.717) is 18.0 Å². The van der Waals surface area contributed by atoms with Crippen LogP contribution in [0, 0.1) is 11.7 Å². The monoisotopic (exact) mass is 297 g/mol. The molecule has 1 aliphatic carbocycles.